The fraction of sp³-hybridized carbons (Fsp3) is 0.167. The van der Waals surface area contributed by atoms with Gasteiger partial charge in [-0.05, 0) is 6.07 Å². The van der Waals surface area contributed by atoms with Crippen LogP contribution in [0.2, 0.25) is 0 Å². The van der Waals surface area contributed by atoms with Crippen molar-refractivity contribution in [2.24, 2.45) is 14.1 Å². The summed E-state index contributed by atoms with van der Waals surface area (Å²) < 4.78 is 8.80. The average Bonchev–Trinajstić information content (AvgIpc) is 3.07. The monoisotopic (exact) mass is 254 g/mol. The van der Waals surface area contributed by atoms with Crippen molar-refractivity contribution in [3.63, 3.8) is 0 Å². The fourth-order valence-corrected chi connectivity index (χ4v) is 1.84. The van der Waals surface area contributed by atoms with Gasteiger partial charge in [-0.15, -0.1) is 0 Å². The zero-order valence-corrected chi connectivity index (χ0v) is 10.4. The second-order valence-corrected chi connectivity index (χ2v) is 4.12. The zero-order valence-electron chi connectivity index (χ0n) is 10.4. The Morgan fingerprint density at radius 2 is 2.16 bits per heavy atom. The molecule has 3 rings (SSSR count). The second-order valence-electron chi connectivity index (χ2n) is 4.12. The molecule has 0 aliphatic rings. The molecule has 0 amide bonds. The van der Waals surface area contributed by atoms with E-state index in [1.54, 1.807) is 27.6 Å². The minimum atomic E-state index is 0.363. The van der Waals surface area contributed by atoms with Gasteiger partial charge in [0.05, 0.1) is 5.56 Å². The highest BCUT2D eigenvalue weighted by molar-refractivity contribution is 5.55. The van der Waals surface area contributed by atoms with Crippen LogP contribution >= 0.6 is 0 Å². The average molecular weight is 254 g/mol. The van der Waals surface area contributed by atoms with E-state index in [0.29, 0.717) is 28.8 Å². The van der Waals surface area contributed by atoms with Crippen LogP contribution in [0.15, 0.2) is 29.2 Å². The van der Waals surface area contributed by atoms with Gasteiger partial charge in [-0.1, -0.05) is 5.16 Å². The summed E-state index contributed by atoms with van der Waals surface area (Å²) in [6.07, 6.45) is 5.18. The molecule has 0 unspecified atom stereocenters. The largest absolute Gasteiger partial charge is 0.345 e. The zero-order chi connectivity index (χ0) is 13.4. The van der Waals surface area contributed by atoms with E-state index < -0.39 is 0 Å². The van der Waals surface area contributed by atoms with Crippen molar-refractivity contribution in [2.75, 3.05) is 0 Å². The first-order valence-electron chi connectivity index (χ1n) is 5.57. The lowest BCUT2D eigenvalue weighted by atomic mass is 10.3. The first-order valence-corrected chi connectivity index (χ1v) is 5.57. The number of nitrogens with zero attached hydrogens (tertiary/aromatic N) is 6. The third-order valence-corrected chi connectivity index (χ3v) is 2.80. The van der Waals surface area contributed by atoms with Crippen LogP contribution in [0.5, 0.6) is 0 Å². The number of nitriles is 1. The van der Waals surface area contributed by atoms with Crippen molar-refractivity contribution in [3.05, 3.63) is 30.2 Å². The molecule has 7 heteroatoms. The Labute approximate surface area is 108 Å². The van der Waals surface area contributed by atoms with E-state index in [1.165, 1.54) is 0 Å². The van der Waals surface area contributed by atoms with Gasteiger partial charge < -0.3 is 13.7 Å². The number of rotatable bonds is 2. The molecule has 0 radical (unpaired) electrons. The fourth-order valence-electron chi connectivity index (χ4n) is 1.84. The number of aryl methyl sites for hydroxylation is 2. The normalized spacial score (nSPS) is 10.6. The number of hydrogen-bond acceptors (Lipinski definition) is 5. The smallest absolute Gasteiger partial charge is 0.274 e. The SMILES string of the molecule is Cn1cc(C#N)cc1-c1nc(-c2nccn2C)no1. The molecule has 0 aliphatic carbocycles. The van der Waals surface area contributed by atoms with E-state index in [0.717, 1.165) is 0 Å². The highest BCUT2D eigenvalue weighted by Crippen LogP contribution is 2.22. The quantitative estimate of drug-likeness (QED) is 0.689. The van der Waals surface area contributed by atoms with Crippen molar-refractivity contribution >= 4 is 0 Å². The van der Waals surface area contributed by atoms with E-state index in [2.05, 4.69) is 21.2 Å². The van der Waals surface area contributed by atoms with Gasteiger partial charge >= 0.3 is 0 Å². The molecule has 19 heavy (non-hydrogen) atoms. The Bertz CT molecular complexity index is 772. The molecule has 0 aliphatic heterocycles. The summed E-state index contributed by atoms with van der Waals surface area (Å²) in [5.41, 5.74) is 1.25. The molecule has 0 saturated heterocycles. The lowest BCUT2D eigenvalue weighted by molar-refractivity contribution is 0.429. The molecule has 0 aromatic carbocycles. The molecule has 0 N–H and O–H groups in total. The van der Waals surface area contributed by atoms with Gasteiger partial charge in [-0.3, -0.25) is 0 Å². The summed E-state index contributed by atoms with van der Waals surface area (Å²) in [6, 6.07) is 3.78. The maximum Gasteiger partial charge on any atom is 0.274 e. The molecule has 3 aromatic rings. The van der Waals surface area contributed by atoms with Gasteiger partial charge in [0.15, 0.2) is 5.82 Å². The van der Waals surface area contributed by atoms with Gasteiger partial charge in [-0.25, -0.2) is 4.98 Å². The molecule has 3 heterocycles. The summed E-state index contributed by atoms with van der Waals surface area (Å²) in [4.78, 5) is 8.46. The predicted molar refractivity (Wildman–Crippen MR) is 65.6 cm³/mol. The highest BCUT2D eigenvalue weighted by Gasteiger charge is 2.16. The minimum Gasteiger partial charge on any atom is -0.345 e. The van der Waals surface area contributed by atoms with E-state index in [9.17, 15) is 0 Å². The van der Waals surface area contributed by atoms with Crippen LogP contribution in [0.25, 0.3) is 23.2 Å². The van der Waals surface area contributed by atoms with E-state index in [4.69, 9.17) is 9.78 Å². The summed E-state index contributed by atoms with van der Waals surface area (Å²) in [5, 5.41) is 12.8. The molecular weight excluding hydrogens is 244 g/mol. The lowest BCUT2D eigenvalue weighted by Gasteiger charge is -1.95. The molecule has 0 fully saturated rings. The van der Waals surface area contributed by atoms with Gasteiger partial charge in [0, 0.05) is 32.7 Å². The van der Waals surface area contributed by atoms with Crippen LogP contribution in [-0.2, 0) is 14.1 Å². The van der Waals surface area contributed by atoms with Crippen LogP contribution in [0.3, 0.4) is 0 Å². The third kappa shape index (κ3) is 1.79. The molecular formula is C12H10N6O. The number of hydrogen-bond donors (Lipinski definition) is 0. The predicted octanol–water partition coefficient (Wildman–Crippen LogP) is 1.35. The maximum atomic E-state index is 8.87. The highest BCUT2D eigenvalue weighted by atomic mass is 16.5. The first-order chi connectivity index (χ1) is 9.19. The van der Waals surface area contributed by atoms with Crippen LogP contribution in [-0.4, -0.2) is 24.3 Å². The van der Waals surface area contributed by atoms with Crippen LogP contribution in [0, 0.1) is 11.3 Å². The summed E-state index contributed by atoms with van der Waals surface area (Å²) in [7, 11) is 3.68. The summed E-state index contributed by atoms with van der Waals surface area (Å²) in [5.74, 6) is 1.41. The van der Waals surface area contributed by atoms with Crippen molar-refractivity contribution in [1.82, 2.24) is 24.3 Å². The van der Waals surface area contributed by atoms with Crippen LogP contribution in [0.4, 0.5) is 0 Å². The Balaban J connectivity index is 2.04. The van der Waals surface area contributed by atoms with Crippen molar-refractivity contribution in [2.45, 2.75) is 0 Å². The molecule has 0 bridgehead atoms. The molecule has 0 spiro atoms. The van der Waals surface area contributed by atoms with Crippen molar-refractivity contribution in [3.8, 4) is 29.3 Å². The van der Waals surface area contributed by atoms with Crippen molar-refractivity contribution in [1.29, 1.82) is 5.26 Å². The molecule has 94 valence electrons. The van der Waals surface area contributed by atoms with E-state index in [-0.39, 0.29) is 0 Å². The summed E-state index contributed by atoms with van der Waals surface area (Å²) in [6.45, 7) is 0. The minimum absolute atomic E-state index is 0.363. The Morgan fingerprint density at radius 3 is 2.79 bits per heavy atom. The first kappa shape index (κ1) is 11.2. The lowest BCUT2D eigenvalue weighted by Crippen LogP contribution is -1.93. The van der Waals surface area contributed by atoms with E-state index in [1.807, 2.05) is 20.3 Å². The maximum absolute atomic E-state index is 8.87. The van der Waals surface area contributed by atoms with Crippen molar-refractivity contribution < 1.29 is 4.52 Å². The van der Waals surface area contributed by atoms with Gasteiger partial charge in [0.25, 0.3) is 5.89 Å². The topological polar surface area (TPSA) is 85.5 Å². The molecule has 3 aromatic heterocycles. The molecule has 0 saturated carbocycles. The van der Waals surface area contributed by atoms with Crippen LogP contribution in [0.1, 0.15) is 5.56 Å². The number of imidazole rings is 1. The molecule has 0 atom stereocenters. The Morgan fingerprint density at radius 1 is 1.32 bits per heavy atom. The number of aromatic nitrogens is 5. The Hall–Kier alpha value is -2.88. The van der Waals surface area contributed by atoms with Crippen LogP contribution < -0.4 is 0 Å². The van der Waals surface area contributed by atoms with E-state index >= 15 is 0 Å². The standard InChI is InChI=1S/C12H10N6O/c1-17-4-3-14-11(17)10-15-12(19-16-10)9-5-8(6-13)7-18(9)2/h3-5,7H,1-2H3. The van der Waals surface area contributed by atoms with Gasteiger partial charge in [0.2, 0.25) is 5.82 Å². The summed E-state index contributed by atoms with van der Waals surface area (Å²) >= 11 is 0. The second kappa shape index (κ2) is 4.10. The third-order valence-electron chi connectivity index (χ3n) is 2.80. The molecule has 7 nitrogen and oxygen atoms in total. The Kier molecular flexibility index (Phi) is 2.42. The van der Waals surface area contributed by atoms with Gasteiger partial charge in [0.1, 0.15) is 11.8 Å². The van der Waals surface area contributed by atoms with Gasteiger partial charge in [-0.2, -0.15) is 10.2 Å².